The normalized spacial score (nSPS) is 16.3. The van der Waals surface area contributed by atoms with Crippen LogP contribution in [-0.2, 0) is 9.59 Å². The van der Waals surface area contributed by atoms with Gasteiger partial charge in [0.1, 0.15) is 21.9 Å². The first-order chi connectivity index (χ1) is 14.3. The Balaban J connectivity index is 1.84. The maximum absolute atomic E-state index is 12.8. The predicted octanol–water partition coefficient (Wildman–Crippen LogP) is 4.26. The number of nitro benzene ring substituents is 1. The molecule has 0 unspecified atom stereocenters. The van der Waals surface area contributed by atoms with E-state index in [0.29, 0.717) is 22.8 Å². The van der Waals surface area contributed by atoms with E-state index in [4.69, 9.17) is 16.6 Å². The molecule has 0 bridgehead atoms. The van der Waals surface area contributed by atoms with E-state index in [1.807, 2.05) is 6.26 Å². The van der Waals surface area contributed by atoms with Gasteiger partial charge in [-0.05, 0) is 30.6 Å². The van der Waals surface area contributed by atoms with E-state index >= 15 is 0 Å². The van der Waals surface area contributed by atoms with Crippen LogP contribution >= 0.6 is 35.7 Å². The predicted molar refractivity (Wildman–Crippen MR) is 120 cm³/mol. The van der Waals surface area contributed by atoms with Gasteiger partial charge in [-0.25, -0.2) is 4.79 Å². The standard InChI is InChI=1S/C19H16N2O6S3/c1-29-8-7-14(18(23)24)20-17(22)16(30-19(20)28)10-13-5-6-15(27-13)11-3-2-4-12(9-11)21(25)26/h2-6,9-10,14H,7-8H2,1H3,(H,23,24)/b16-10+/t14-/m1/s1. The molecule has 0 aliphatic carbocycles. The van der Waals surface area contributed by atoms with Gasteiger partial charge in [-0.3, -0.25) is 19.8 Å². The number of nitrogens with zero attached hydrogens (tertiary/aromatic N) is 2. The zero-order valence-corrected chi connectivity index (χ0v) is 18.1. The third kappa shape index (κ3) is 4.74. The highest BCUT2D eigenvalue weighted by Gasteiger charge is 2.40. The first-order valence-corrected chi connectivity index (χ1v) is 11.3. The fourth-order valence-electron chi connectivity index (χ4n) is 2.83. The number of nitro groups is 1. The summed E-state index contributed by atoms with van der Waals surface area (Å²) in [4.78, 5) is 36.3. The summed E-state index contributed by atoms with van der Waals surface area (Å²) in [7, 11) is 0. The summed E-state index contributed by atoms with van der Waals surface area (Å²) in [6, 6.07) is 8.26. The number of rotatable bonds is 8. The molecule has 8 nitrogen and oxygen atoms in total. The quantitative estimate of drug-likeness (QED) is 0.265. The number of aliphatic carboxylic acids is 1. The van der Waals surface area contributed by atoms with Crippen molar-refractivity contribution in [1.29, 1.82) is 0 Å². The van der Waals surface area contributed by atoms with Crippen LogP contribution in [0.25, 0.3) is 17.4 Å². The zero-order valence-electron chi connectivity index (χ0n) is 15.6. The molecule has 1 aliphatic rings. The topological polar surface area (TPSA) is 114 Å². The Bertz CT molecular complexity index is 1050. The van der Waals surface area contributed by atoms with E-state index in [9.17, 15) is 24.8 Å². The Labute approximate surface area is 185 Å². The molecule has 1 aromatic heterocycles. The molecule has 3 rings (SSSR count). The molecule has 0 saturated carbocycles. The van der Waals surface area contributed by atoms with Gasteiger partial charge in [0.05, 0.1) is 9.83 Å². The van der Waals surface area contributed by atoms with Gasteiger partial charge < -0.3 is 9.52 Å². The molecule has 1 aromatic carbocycles. The van der Waals surface area contributed by atoms with Gasteiger partial charge in [0, 0.05) is 23.8 Å². The van der Waals surface area contributed by atoms with E-state index in [1.165, 1.54) is 30.0 Å². The highest BCUT2D eigenvalue weighted by molar-refractivity contribution is 8.26. The van der Waals surface area contributed by atoms with Gasteiger partial charge in [0.25, 0.3) is 11.6 Å². The number of non-ortho nitro benzene ring substituents is 1. The zero-order chi connectivity index (χ0) is 21.8. The molecular weight excluding hydrogens is 448 g/mol. The first kappa shape index (κ1) is 22.1. The number of benzene rings is 1. The number of carbonyl (C=O) groups is 2. The Hall–Kier alpha value is -2.63. The fourth-order valence-corrected chi connectivity index (χ4v) is 4.62. The van der Waals surface area contributed by atoms with Crippen molar-refractivity contribution in [1.82, 2.24) is 4.90 Å². The van der Waals surface area contributed by atoms with Crippen molar-refractivity contribution in [3.8, 4) is 11.3 Å². The monoisotopic (exact) mass is 464 g/mol. The summed E-state index contributed by atoms with van der Waals surface area (Å²) in [6.45, 7) is 0. The van der Waals surface area contributed by atoms with Gasteiger partial charge in [-0.15, -0.1) is 0 Å². The van der Waals surface area contributed by atoms with Crippen molar-refractivity contribution in [3.63, 3.8) is 0 Å². The Kier molecular flexibility index (Phi) is 6.95. The second-order valence-electron chi connectivity index (χ2n) is 6.20. The molecule has 156 valence electrons. The Morgan fingerprint density at radius 3 is 2.87 bits per heavy atom. The van der Waals surface area contributed by atoms with Crippen LogP contribution in [0.3, 0.4) is 0 Å². The maximum Gasteiger partial charge on any atom is 0.326 e. The summed E-state index contributed by atoms with van der Waals surface area (Å²) in [5.41, 5.74) is 0.468. The minimum absolute atomic E-state index is 0.0590. The lowest BCUT2D eigenvalue weighted by Crippen LogP contribution is -2.44. The number of carboxylic acids is 1. The van der Waals surface area contributed by atoms with Gasteiger partial charge in [-0.1, -0.05) is 36.1 Å². The van der Waals surface area contributed by atoms with Crippen LogP contribution in [0.2, 0.25) is 0 Å². The highest BCUT2D eigenvalue weighted by Crippen LogP contribution is 2.36. The fraction of sp³-hybridized carbons (Fsp3) is 0.211. The van der Waals surface area contributed by atoms with E-state index in [2.05, 4.69) is 0 Å². The summed E-state index contributed by atoms with van der Waals surface area (Å²) in [5, 5.41) is 20.5. The van der Waals surface area contributed by atoms with Crippen LogP contribution in [0.5, 0.6) is 0 Å². The molecule has 1 saturated heterocycles. The molecule has 0 radical (unpaired) electrons. The maximum atomic E-state index is 12.8. The van der Waals surface area contributed by atoms with Gasteiger partial charge in [-0.2, -0.15) is 11.8 Å². The number of carboxylic acid groups (broad SMARTS) is 1. The molecule has 1 aliphatic heterocycles. The van der Waals surface area contributed by atoms with Crippen LogP contribution in [0.4, 0.5) is 5.69 Å². The van der Waals surface area contributed by atoms with Crippen LogP contribution in [0, 0.1) is 10.1 Å². The number of carbonyl (C=O) groups excluding carboxylic acids is 1. The average Bonchev–Trinajstić information content (AvgIpc) is 3.28. The van der Waals surface area contributed by atoms with E-state index in [0.717, 1.165) is 16.7 Å². The lowest BCUT2D eigenvalue weighted by atomic mass is 10.1. The Morgan fingerprint density at radius 2 is 2.20 bits per heavy atom. The minimum atomic E-state index is -1.10. The van der Waals surface area contributed by atoms with Crippen LogP contribution in [0.1, 0.15) is 12.2 Å². The van der Waals surface area contributed by atoms with Crippen molar-refractivity contribution in [2.75, 3.05) is 12.0 Å². The van der Waals surface area contributed by atoms with Crippen LogP contribution in [-0.4, -0.2) is 49.2 Å². The summed E-state index contributed by atoms with van der Waals surface area (Å²) < 4.78 is 5.90. The van der Waals surface area contributed by atoms with E-state index in [-0.39, 0.29) is 21.3 Å². The Morgan fingerprint density at radius 1 is 1.43 bits per heavy atom. The molecule has 1 atom stereocenters. The number of thiocarbonyl (C=S) groups is 1. The lowest BCUT2D eigenvalue weighted by Gasteiger charge is -2.22. The molecule has 11 heteroatoms. The second kappa shape index (κ2) is 9.45. The van der Waals surface area contributed by atoms with Crippen LogP contribution in [0.15, 0.2) is 45.7 Å². The van der Waals surface area contributed by atoms with Crippen molar-refractivity contribution in [2.24, 2.45) is 0 Å². The van der Waals surface area contributed by atoms with Gasteiger partial charge in [0.2, 0.25) is 0 Å². The third-order valence-electron chi connectivity index (χ3n) is 4.26. The molecule has 1 fully saturated rings. The number of furan rings is 1. The largest absolute Gasteiger partial charge is 0.480 e. The SMILES string of the molecule is CSCC[C@H](C(=O)O)N1C(=O)/C(=C\c2ccc(-c3cccc([N+](=O)[O-])c3)o2)SC1=S. The highest BCUT2D eigenvalue weighted by atomic mass is 32.2. The number of thioether (sulfide) groups is 2. The number of hydrogen-bond acceptors (Lipinski definition) is 8. The number of amides is 1. The summed E-state index contributed by atoms with van der Waals surface area (Å²) in [6.07, 6.45) is 3.64. The molecule has 1 N–H and O–H groups in total. The molecule has 2 aromatic rings. The van der Waals surface area contributed by atoms with E-state index < -0.39 is 22.8 Å². The van der Waals surface area contributed by atoms with Crippen molar-refractivity contribution in [2.45, 2.75) is 12.5 Å². The minimum Gasteiger partial charge on any atom is -0.480 e. The molecular formula is C19H16N2O6S3. The van der Waals surface area contributed by atoms with Gasteiger partial charge in [0.15, 0.2) is 0 Å². The second-order valence-corrected chi connectivity index (χ2v) is 8.86. The summed E-state index contributed by atoms with van der Waals surface area (Å²) in [5.74, 6) is -0.242. The number of hydrogen-bond donors (Lipinski definition) is 1. The third-order valence-corrected chi connectivity index (χ3v) is 6.23. The van der Waals surface area contributed by atoms with Crippen molar-refractivity contribution >= 4 is 63.7 Å². The molecule has 1 amide bonds. The molecule has 30 heavy (non-hydrogen) atoms. The van der Waals surface area contributed by atoms with Crippen molar-refractivity contribution < 1.29 is 24.0 Å². The average molecular weight is 465 g/mol. The van der Waals surface area contributed by atoms with Crippen molar-refractivity contribution in [3.05, 3.63) is 57.2 Å². The smallest absolute Gasteiger partial charge is 0.326 e. The molecule has 2 heterocycles. The molecule has 0 spiro atoms. The van der Waals surface area contributed by atoms with E-state index in [1.54, 1.807) is 24.3 Å². The summed E-state index contributed by atoms with van der Waals surface area (Å²) >= 11 is 7.75. The van der Waals surface area contributed by atoms with Gasteiger partial charge >= 0.3 is 5.97 Å². The van der Waals surface area contributed by atoms with Crippen LogP contribution < -0.4 is 0 Å². The first-order valence-electron chi connectivity index (χ1n) is 8.65. The lowest BCUT2D eigenvalue weighted by molar-refractivity contribution is -0.384.